The fourth-order valence-corrected chi connectivity index (χ4v) is 3.29. The number of amides is 2. The van der Waals surface area contributed by atoms with Crippen LogP contribution >= 0.6 is 0 Å². The Hall–Kier alpha value is -4.08. The zero-order valence-corrected chi connectivity index (χ0v) is 16.5. The molecule has 1 aliphatic rings. The van der Waals surface area contributed by atoms with Crippen molar-refractivity contribution >= 4 is 29.1 Å². The maximum Gasteiger partial charge on any atom is 0.295 e. The summed E-state index contributed by atoms with van der Waals surface area (Å²) in [6.45, 7) is 1.19. The maximum absolute atomic E-state index is 12.9. The molecule has 0 unspecified atom stereocenters. The molecule has 3 heterocycles. The fourth-order valence-electron chi connectivity index (χ4n) is 3.29. The van der Waals surface area contributed by atoms with Crippen molar-refractivity contribution in [2.45, 2.75) is 6.92 Å². The third kappa shape index (κ3) is 3.28. The molecule has 30 heavy (non-hydrogen) atoms. The second-order valence-corrected chi connectivity index (χ2v) is 6.81. The van der Waals surface area contributed by atoms with E-state index in [1.165, 1.54) is 9.58 Å². The zero-order chi connectivity index (χ0) is 21.4. The molecule has 1 aromatic carbocycles. The van der Waals surface area contributed by atoms with Gasteiger partial charge in [0.2, 0.25) is 5.91 Å². The molecule has 0 atom stereocenters. The number of benzene rings is 1. The predicted octanol–water partition coefficient (Wildman–Crippen LogP) is 0.826. The van der Waals surface area contributed by atoms with Crippen LogP contribution in [0.5, 0.6) is 5.75 Å². The van der Waals surface area contributed by atoms with E-state index in [-0.39, 0.29) is 36.0 Å². The third-order valence-electron chi connectivity index (χ3n) is 4.89. The first-order valence-electron chi connectivity index (χ1n) is 9.20. The summed E-state index contributed by atoms with van der Waals surface area (Å²) in [7, 11) is 1.73. The number of fused-ring (bicyclic) bond motifs is 1. The van der Waals surface area contributed by atoms with Gasteiger partial charge < -0.3 is 15.8 Å². The molecule has 0 radical (unpaired) electrons. The van der Waals surface area contributed by atoms with Gasteiger partial charge in [0.25, 0.3) is 11.5 Å². The van der Waals surface area contributed by atoms with E-state index in [0.29, 0.717) is 17.1 Å². The lowest BCUT2D eigenvalue weighted by Crippen LogP contribution is -2.44. The molecule has 154 valence electrons. The number of nitrogens with one attached hydrogen (secondary N) is 1. The number of anilines is 3. The number of para-hydroxylation sites is 1. The van der Waals surface area contributed by atoms with Crippen LogP contribution < -0.4 is 26.2 Å². The van der Waals surface area contributed by atoms with Gasteiger partial charge in [0, 0.05) is 7.05 Å². The van der Waals surface area contributed by atoms with Crippen LogP contribution in [-0.2, 0) is 16.6 Å². The van der Waals surface area contributed by atoms with Crippen molar-refractivity contribution < 1.29 is 14.3 Å². The minimum absolute atomic E-state index is 0.146. The summed E-state index contributed by atoms with van der Waals surface area (Å²) >= 11 is 0. The summed E-state index contributed by atoms with van der Waals surface area (Å²) < 4.78 is 8.45. The number of nitrogens with two attached hydrogens (primary N) is 1. The number of aromatic nitrogens is 3. The number of hydrogen-bond donors (Lipinski definition) is 2. The molecule has 0 fully saturated rings. The number of carbonyl (C=O) groups excluding carboxylic acids is 2. The van der Waals surface area contributed by atoms with Crippen molar-refractivity contribution in [3.8, 4) is 11.4 Å². The number of ether oxygens (including phenoxy) is 1. The zero-order valence-electron chi connectivity index (χ0n) is 16.5. The molecule has 0 saturated carbocycles. The van der Waals surface area contributed by atoms with Gasteiger partial charge in [0.15, 0.2) is 18.2 Å². The summed E-state index contributed by atoms with van der Waals surface area (Å²) in [5.74, 6) is -0.234. The fraction of sp³-hybridized carbons (Fsp3) is 0.200. The molecule has 1 aliphatic heterocycles. The van der Waals surface area contributed by atoms with E-state index in [0.717, 1.165) is 0 Å². The highest BCUT2D eigenvalue weighted by Gasteiger charge is 2.29. The monoisotopic (exact) mass is 408 g/mol. The van der Waals surface area contributed by atoms with E-state index >= 15 is 0 Å². The van der Waals surface area contributed by atoms with Gasteiger partial charge in [0.05, 0.1) is 11.4 Å². The van der Waals surface area contributed by atoms with E-state index in [4.69, 9.17) is 10.5 Å². The smallest absolute Gasteiger partial charge is 0.295 e. The second kappa shape index (κ2) is 7.39. The van der Waals surface area contributed by atoms with Crippen molar-refractivity contribution in [2.75, 3.05) is 29.1 Å². The number of nitrogens with zero attached hydrogens (tertiary/aromatic N) is 4. The number of rotatable bonds is 4. The molecular weight excluding hydrogens is 388 g/mol. The standard InChI is InChI=1S/C20H20N6O4/c1-12-18(20(29)26(24(12)2)13-6-4-3-5-7-13)23-16(27)10-25-17(28)11-30-14-8-9-15(21)22-19(14)25/h3-9H,10-11H2,1-2H3,(H2,21,22)(H,23,27). The van der Waals surface area contributed by atoms with E-state index in [1.54, 1.807) is 42.9 Å². The molecule has 0 saturated heterocycles. The molecule has 0 aliphatic carbocycles. The second-order valence-electron chi connectivity index (χ2n) is 6.81. The highest BCUT2D eigenvalue weighted by atomic mass is 16.5. The number of carbonyl (C=O) groups is 2. The summed E-state index contributed by atoms with van der Waals surface area (Å²) in [5.41, 5.74) is 6.73. The number of pyridine rings is 1. The van der Waals surface area contributed by atoms with Crippen LogP contribution in [-0.4, -0.2) is 39.3 Å². The highest BCUT2D eigenvalue weighted by Crippen LogP contribution is 2.30. The van der Waals surface area contributed by atoms with Gasteiger partial charge >= 0.3 is 0 Å². The molecule has 4 rings (SSSR count). The SMILES string of the molecule is Cc1c(NC(=O)CN2C(=O)COc3ccc(N)nc32)c(=O)n(-c2ccccc2)n1C. The predicted molar refractivity (Wildman–Crippen MR) is 111 cm³/mol. The Labute approximate surface area is 171 Å². The molecule has 2 amide bonds. The van der Waals surface area contributed by atoms with Crippen molar-refractivity contribution in [3.05, 3.63) is 58.5 Å². The minimum Gasteiger partial charge on any atom is -0.480 e. The van der Waals surface area contributed by atoms with E-state index in [2.05, 4.69) is 10.3 Å². The first-order chi connectivity index (χ1) is 14.4. The van der Waals surface area contributed by atoms with Crippen molar-refractivity contribution in [2.24, 2.45) is 7.05 Å². The third-order valence-corrected chi connectivity index (χ3v) is 4.89. The Morgan fingerprint density at radius 2 is 1.93 bits per heavy atom. The average molecular weight is 408 g/mol. The van der Waals surface area contributed by atoms with Gasteiger partial charge in [-0.3, -0.25) is 24.0 Å². The molecule has 2 aromatic heterocycles. The van der Waals surface area contributed by atoms with Gasteiger partial charge in [-0.05, 0) is 31.2 Å². The molecule has 0 bridgehead atoms. The summed E-state index contributed by atoms with van der Waals surface area (Å²) in [6.07, 6.45) is 0. The molecular formula is C20H20N6O4. The van der Waals surface area contributed by atoms with Crippen molar-refractivity contribution in [3.63, 3.8) is 0 Å². The first-order valence-corrected chi connectivity index (χ1v) is 9.20. The Kier molecular flexibility index (Phi) is 4.74. The molecule has 3 N–H and O–H groups in total. The van der Waals surface area contributed by atoms with E-state index < -0.39 is 11.8 Å². The van der Waals surface area contributed by atoms with E-state index in [1.807, 2.05) is 18.2 Å². The van der Waals surface area contributed by atoms with Crippen molar-refractivity contribution in [1.82, 2.24) is 14.3 Å². The Morgan fingerprint density at radius 1 is 1.20 bits per heavy atom. The first kappa shape index (κ1) is 19.2. The Morgan fingerprint density at radius 3 is 2.67 bits per heavy atom. The Balaban J connectivity index is 1.61. The maximum atomic E-state index is 12.9. The normalized spacial score (nSPS) is 13.0. The summed E-state index contributed by atoms with van der Waals surface area (Å²) in [5, 5.41) is 2.64. The van der Waals surface area contributed by atoms with Gasteiger partial charge in [0.1, 0.15) is 18.1 Å². The molecule has 10 nitrogen and oxygen atoms in total. The molecule has 0 spiro atoms. The lowest BCUT2D eigenvalue weighted by molar-refractivity contribution is -0.123. The minimum atomic E-state index is -0.536. The van der Waals surface area contributed by atoms with Gasteiger partial charge in [-0.15, -0.1) is 0 Å². The molecule has 3 aromatic rings. The van der Waals surface area contributed by atoms with Crippen LogP contribution in [0, 0.1) is 6.92 Å². The molecule has 10 heteroatoms. The van der Waals surface area contributed by atoms with Crippen molar-refractivity contribution in [1.29, 1.82) is 0 Å². The summed E-state index contributed by atoms with van der Waals surface area (Å²) in [4.78, 5) is 43.3. The Bertz CT molecular complexity index is 1200. The number of hydrogen-bond acceptors (Lipinski definition) is 6. The average Bonchev–Trinajstić information content (AvgIpc) is 2.94. The number of nitrogen functional groups attached to an aromatic ring is 1. The van der Waals surface area contributed by atoms with Crippen LogP contribution in [0.25, 0.3) is 5.69 Å². The van der Waals surface area contributed by atoms with Gasteiger partial charge in [-0.25, -0.2) is 9.67 Å². The highest BCUT2D eigenvalue weighted by molar-refractivity contribution is 6.04. The van der Waals surface area contributed by atoms with Crippen LogP contribution in [0.3, 0.4) is 0 Å². The quantitative estimate of drug-likeness (QED) is 0.659. The van der Waals surface area contributed by atoms with Crippen LogP contribution in [0.2, 0.25) is 0 Å². The lowest BCUT2D eigenvalue weighted by Gasteiger charge is -2.27. The van der Waals surface area contributed by atoms with E-state index in [9.17, 15) is 14.4 Å². The van der Waals surface area contributed by atoms with Crippen LogP contribution in [0.4, 0.5) is 17.3 Å². The largest absolute Gasteiger partial charge is 0.480 e. The van der Waals surface area contributed by atoms with Gasteiger partial charge in [-0.2, -0.15) is 0 Å². The summed E-state index contributed by atoms with van der Waals surface area (Å²) in [6, 6.07) is 12.2. The van der Waals surface area contributed by atoms with Crippen LogP contribution in [0.15, 0.2) is 47.3 Å². The lowest BCUT2D eigenvalue weighted by atomic mass is 10.3. The van der Waals surface area contributed by atoms with Crippen LogP contribution in [0.1, 0.15) is 5.69 Å². The topological polar surface area (TPSA) is 124 Å². The van der Waals surface area contributed by atoms with Gasteiger partial charge in [-0.1, -0.05) is 18.2 Å².